The lowest BCUT2D eigenvalue weighted by Gasteiger charge is -2.21. The van der Waals surface area contributed by atoms with E-state index in [0.717, 1.165) is 5.56 Å². The summed E-state index contributed by atoms with van der Waals surface area (Å²) in [6.07, 6.45) is -0.424. The number of carbonyl (C=O) groups is 2. The predicted molar refractivity (Wildman–Crippen MR) is 80.6 cm³/mol. The fourth-order valence-electron chi connectivity index (χ4n) is 1.78. The summed E-state index contributed by atoms with van der Waals surface area (Å²) in [6, 6.07) is 4.39. The molecule has 0 saturated heterocycles. The smallest absolute Gasteiger partial charge is 0.305 e. The number of methoxy groups -OCH3 is 1. The molecule has 0 fully saturated rings. The number of nitrogens with two attached hydrogens (primary N) is 1. The molecule has 0 heterocycles. The SMILES string of the molecule is COc1ccc(C(C)(C)C)cc1NC(=O)C(N)CC(=O)O. The van der Waals surface area contributed by atoms with Gasteiger partial charge in [-0.2, -0.15) is 0 Å². The zero-order valence-corrected chi connectivity index (χ0v) is 12.8. The molecule has 1 aromatic carbocycles. The molecule has 1 aromatic rings. The summed E-state index contributed by atoms with van der Waals surface area (Å²) in [6.45, 7) is 6.16. The zero-order valence-electron chi connectivity index (χ0n) is 12.8. The van der Waals surface area contributed by atoms with Crippen molar-refractivity contribution < 1.29 is 19.4 Å². The Balaban J connectivity index is 3.00. The van der Waals surface area contributed by atoms with E-state index in [4.69, 9.17) is 15.6 Å². The lowest BCUT2D eigenvalue weighted by atomic mass is 9.87. The standard InChI is InChI=1S/C15H22N2O4/c1-15(2,3)9-5-6-12(21-4)11(7-9)17-14(20)10(16)8-13(18)19/h5-7,10H,8,16H2,1-4H3,(H,17,20)(H,18,19). The van der Waals surface area contributed by atoms with Crippen molar-refractivity contribution in [3.63, 3.8) is 0 Å². The third-order valence-corrected chi connectivity index (χ3v) is 3.05. The van der Waals surface area contributed by atoms with E-state index in [2.05, 4.69) is 26.1 Å². The Morgan fingerprint density at radius 1 is 1.38 bits per heavy atom. The summed E-state index contributed by atoms with van der Waals surface area (Å²) in [4.78, 5) is 22.5. The monoisotopic (exact) mass is 294 g/mol. The molecule has 1 unspecified atom stereocenters. The van der Waals surface area contributed by atoms with E-state index >= 15 is 0 Å². The van der Waals surface area contributed by atoms with Crippen LogP contribution in [0.5, 0.6) is 5.75 Å². The molecule has 6 nitrogen and oxygen atoms in total. The lowest BCUT2D eigenvalue weighted by molar-refractivity contribution is -0.138. The Hall–Kier alpha value is -2.08. The Bertz CT molecular complexity index is 535. The van der Waals surface area contributed by atoms with Crippen molar-refractivity contribution in [2.75, 3.05) is 12.4 Å². The number of benzene rings is 1. The van der Waals surface area contributed by atoms with Gasteiger partial charge in [-0.3, -0.25) is 9.59 Å². The molecule has 0 radical (unpaired) electrons. The highest BCUT2D eigenvalue weighted by Crippen LogP contribution is 2.31. The molecule has 0 bridgehead atoms. The van der Waals surface area contributed by atoms with Crippen molar-refractivity contribution in [2.24, 2.45) is 5.73 Å². The lowest BCUT2D eigenvalue weighted by Crippen LogP contribution is -2.37. The maximum Gasteiger partial charge on any atom is 0.305 e. The van der Waals surface area contributed by atoms with Crippen LogP contribution in [0.2, 0.25) is 0 Å². The normalized spacial score (nSPS) is 12.6. The van der Waals surface area contributed by atoms with Crippen LogP contribution >= 0.6 is 0 Å². The van der Waals surface area contributed by atoms with E-state index in [9.17, 15) is 9.59 Å². The van der Waals surface area contributed by atoms with Gasteiger partial charge in [0.05, 0.1) is 25.3 Å². The number of amides is 1. The van der Waals surface area contributed by atoms with Crippen molar-refractivity contribution in [1.29, 1.82) is 0 Å². The quantitative estimate of drug-likeness (QED) is 0.767. The van der Waals surface area contributed by atoms with Crippen molar-refractivity contribution in [3.05, 3.63) is 23.8 Å². The number of ether oxygens (including phenoxy) is 1. The van der Waals surface area contributed by atoms with Crippen LogP contribution in [-0.2, 0) is 15.0 Å². The first-order valence-electron chi connectivity index (χ1n) is 6.62. The van der Waals surface area contributed by atoms with Crippen LogP contribution in [0, 0.1) is 0 Å². The maximum absolute atomic E-state index is 11.9. The van der Waals surface area contributed by atoms with Crippen molar-refractivity contribution in [1.82, 2.24) is 0 Å². The summed E-state index contributed by atoms with van der Waals surface area (Å²) in [5, 5.41) is 11.3. The van der Waals surface area contributed by atoms with Gasteiger partial charge in [0.25, 0.3) is 0 Å². The predicted octanol–water partition coefficient (Wildman–Crippen LogP) is 1.73. The van der Waals surface area contributed by atoms with E-state index in [-0.39, 0.29) is 5.41 Å². The number of carboxylic acids is 1. The molecular weight excluding hydrogens is 272 g/mol. The minimum absolute atomic E-state index is 0.0884. The van der Waals surface area contributed by atoms with Crippen LogP contribution in [0.1, 0.15) is 32.8 Å². The molecule has 6 heteroatoms. The average Bonchev–Trinajstić information content (AvgIpc) is 2.36. The number of hydrogen-bond acceptors (Lipinski definition) is 4. The fourth-order valence-corrected chi connectivity index (χ4v) is 1.78. The maximum atomic E-state index is 11.9. The second-order valence-corrected chi connectivity index (χ2v) is 5.86. The van der Waals surface area contributed by atoms with Crippen LogP contribution in [0.25, 0.3) is 0 Å². The van der Waals surface area contributed by atoms with Gasteiger partial charge in [0.1, 0.15) is 5.75 Å². The highest BCUT2D eigenvalue weighted by molar-refractivity contribution is 5.97. The van der Waals surface area contributed by atoms with Crippen molar-refractivity contribution in [3.8, 4) is 5.75 Å². The van der Waals surface area contributed by atoms with E-state index < -0.39 is 24.3 Å². The minimum atomic E-state index is -1.12. The fraction of sp³-hybridized carbons (Fsp3) is 0.467. The molecule has 1 amide bonds. The Morgan fingerprint density at radius 2 is 2.00 bits per heavy atom. The minimum Gasteiger partial charge on any atom is -0.495 e. The number of anilines is 1. The van der Waals surface area contributed by atoms with Crippen molar-refractivity contribution in [2.45, 2.75) is 38.6 Å². The molecule has 21 heavy (non-hydrogen) atoms. The molecule has 0 aliphatic heterocycles. The highest BCUT2D eigenvalue weighted by atomic mass is 16.5. The number of aliphatic carboxylic acids is 1. The van der Waals surface area contributed by atoms with Crippen molar-refractivity contribution >= 4 is 17.6 Å². The summed E-state index contributed by atoms with van der Waals surface area (Å²) < 4.78 is 5.20. The van der Waals surface area contributed by atoms with Gasteiger partial charge in [0.15, 0.2) is 0 Å². The summed E-state index contributed by atoms with van der Waals surface area (Å²) in [7, 11) is 1.50. The van der Waals surface area contributed by atoms with Gasteiger partial charge in [-0.25, -0.2) is 0 Å². The van der Waals surface area contributed by atoms with Crippen LogP contribution in [0.4, 0.5) is 5.69 Å². The van der Waals surface area contributed by atoms with Crippen LogP contribution in [0.15, 0.2) is 18.2 Å². The van der Waals surface area contributed by atoms with E-state index in [1.807, 2.05) is 12.1 Å². The first kappa shape index (κ1) is 17.0. The largest absolute Gasteiger partial charge is 0.495 e. The number of carboxylic acid groups (broad SMARTS) is 1. The average molecular weight is 294 g/mol. The molecule has 0 spiro atoms. The topological polar surface area (TPSA) is 102 Å². The highest BCUT2D eigenvalue weighted by Gasteiger charge is 2.20. The van der Waals surface area contributed by atoms with E-state index in [0.29, 0.717) is 11.4 Å². The number of rotatable bonds is 5. The molecule has 0 aliphatic rings. The number of carbonyl (C=O) groups excluding carboxylic acids is 1. The van der Waals surface area contributed by atoms with Crippen LogP contribution in [-0.4, -0.2) is 30.1 Å². The number of hydrogen-bond donors (Lipinski definition) is 3. The number of nitrogens with one attached hydrogen (secondary N) is 1. The van der Waals surface area contributed by atoms with Gasteiger partial charge in [0.2, 0.25) is 5.91 Å². The van der Waals surface area contributed by atoms with Gasteiger partial charge in [-0.05, 0) is 23.1 Å². The zero-order chi connectivity index (χ0) is 16.2. The molecule has 1 rings (SSSR count). The molecular formula is C15H22N2O4. The third kappa shape index (κ3) is 4.75. The van der Waals surface area contributed by atoms with E-state index in [1.165, 1.54) is 7.11 Å². The summed E-state index contributed by atoms with van der Waals surface area (Å²) in [5.74, 6) is -1.17. The van der Waals surface area contributed by atoms with Gasteiger partial charge < -0.3 is 20.9 Å². The molecule has 1 atom stereocenters. The van der Waals surface area contributed by atoms with Crippen LogP contribution in [0.3, 0.4) is 0 Å². The second kappa shape index (κ2) is 6.58. The van der Waals surface area contributed by atoms with Crippen LogP contribution < -0.4 is 15.8 Å². The summed E-state index contributed by atoms with van der Waals surface area (Å²) >= 11 is 0. The van der Waals surface area contributed by atoms with Gasteiger partial charge in [0, 0.05) is 0 Å². The molecule has 4 N–H and O–H groups in total. The molecule has 0 aromatic heterocycles. The Kier molecular flexibility index (Phi) is 5.32. The first-order valence-corrected chi connectivity index (χ1v) is 6.62. The van der Waals surface area contributed by atoms with Gasteiger partial charge in [-0.15, -0.1) is 0 Å². The van der Waals surface area contributed by atoms with E-state index in [1.54, 1.807) is 6.07 Å². The molecule has 0 saturated carbocycles. The third-order valence-electron chi connectivity index (χ3n) is 3.05. The molecule has 0 aliphatic carbocycles. The summed E-state index contributed by atoms with van der Waals surface area (Å²) in [5.41, 5.74) is 6.96. The van der Waals surface area contributed by atoms with Gasteiger partial charge in [-0.1, -0.05) is 26.8 Å². The molecule has 116 valence electrons. The Morgan fingerprint density at radius 3 is 2.48 bits per heavy atom. The first-order chi connectivity index (χ1) is 9.65. The van der Waals surface area contributed by atoms with Gasteiger partial charge >= 0.3 is 5.97 Å². The second-order valence-electron chi connectivity index (χ2n) is 5.86. The Labute approximate surface area is 124 Å².